The predicted octanol–water partition coefficient (Wildman–Crippen LogP) is 0.107. The zero-order valence-electron chi connectivity index (χ0n) is 7.40. The molecule has 1 aromatic heterocycles. The van der Waals surface area contributed by atoms with E-state index in [9.17, 15) is 4.79 Å². The van der Waals surface area contributed by atoms with Crippen molar-refractivity contribution in [2.75, 3.05) is 6.61 Å². The Labute approximate surface area is 75.8 Å². The van der Waals surface area contributed by atoms with Gasteiger partial charge in [-0.15, -0.1) is 0 Å². The lowest BCUT2D eigenvalue weighted by Gasteiger charge is -2.07. The van der Waals surface area contributed by atoms with Crippen molar-refractivity contribution in [3.05, 3.63) is 18.0 Å². The molecule has 5 heteroatoms. The van der Waals surface area contributed by atoms with Crippen LogP contribution in [0.4, 0.5) is 0 Å². The van der Waals surface area contributed by atoms with Crippen molar-refractivity contribution in [2.24, 2.45) is 5.73 Å². The lowest BCUT2D eigenvalue weighted by atomic mass is 10.2. The Morgan fingerprint density at radius 3 is 3.15 bits per heavy atom. The lowest BCUT2D eigenvalue weighted by Crippen LogP contribution is -2.34. The molecule has 0 aliphatic carbocycles. The molecule has 1 rings (SSSR count). The van der Waals surface area contributed by atoms with Crippen LogP contribution in [0.3, 0.4) is 0 Å². The van der Waals surface area contributed by atoms with E-state index in [1.807, 2.05) is 0 Å². The van der Waals surface area contributed by atoms with Crippen molar-refractivity contribution in [3.63, 3.8) is 0 Å². The molecular weight excluding hydrogens is 172 g/mol. The van der Waals surface area contributed by atoms with Crippen molar-refractivity contribution >= 4 is 5.97 Å². The molecule has 0 aliphatic heterocycles. The molecule has 0 amide bonds. The average molecular weight is 184 g/mol. The van der Waals surface area contributed by atoms with Crippen molar-refractivity contribution in [1.29, 1.82) is 0 Å². The summed E-state index contributed by atoms with van der Waals surface area (Å²) in [5, 5.41) is 3.64. The fourth-order valence-corrected chi connectivity index (χ4v) is 0.901. The third kappa shape index (κ3) is 2.87. The summed E-state index contributed by atoms with van der Waals surface area (Å²) in [6.45, 7) is 2.08. The molecule has 5 nitrogen and oxygen atoms in total. The zero-order chi connectivity index (χ0) is 9.68. The molecule has 0 fully saturated rings. The highest BCUT2D eigenvalue weighted by atomic mass is 16.5. The predicted molar refractivity (Wildman–Crippen MR) is 44.8 cm³/mol. The van der Waals surface area contributed by atoms with E-state index >= 15 is 0 Å². The number of nitrogens with zero attached hydrogens (tertiary/aromatic N) is 1. The van der Waals surface area contributed by atoms with Crippen LogP contribution < -0.4 is 5.73 Å². The Balaban J connectivity index is 2.41. The van der Waals surface area contributed by atoms with Crippen molar-refractivity contribution in [2.45, 2.75) is 19.4 Å². The molecule has 0 aromatic carbocycles. The summed E-state index contributed by atoms with van der Waals surface area (Å²) in [6.07, 6.45) is 1.78. The number of carbonyl (C=O) groups is 1. The van der Waals surface area contributed by atoms with Gasteiger partial charge in [-0.25, -0.2) is 0 Å². The van der Waals surface area contributed by atoms with Crippen LogP contribution in [-0.2, 0) is 16.0 Å². The number of rotatable bonds is 4. The van der Waals surface area contributed by atoms with Gasteiger partial charge in [0.05, 0.1) is 12.3 Å². The number of esters is 1. The van der Waals surface area contributed by atoms with Gasteiger partial charge in [0.1, 0.15) is 12.3 Å². The monoisotopic (exact) mass is 184 g/mol. The van der Waals surface area contributed by atoms with Crippen LogP contribution in [0, 0.1) is 0 Å². The molecule has 1 unspecified atom stereocenters. The van der Waals surface area contributed by atoms with Gasteiger partial charge in [0.25, 0.3) is 0 Å². The molecule has 0 saturated carbocycles. The Morgan fingerprint density at radius 1 is 1.85 bits per heavy atom. The summed E-state index contributed by atoms with van der Waals surface area (Å²) < 4.78 is 9.33. The van der Waals surface area contributed by atoms with Crippen LogP contribution in [0.15, 0.2) is 16.9 Å². The minimum Gasteiger partial charge on any atom is -0.465 e. The number of hydrogen-bond donors (Lipinski definition) is 1. The first-order valence-electron chi connectivity index (χ1n) is 4.05. The van der Waals surface area contributed by atoms with E-state index in [2.05, 4.69) is 9.68 Å². The van der Waals surface area contributed by atoms with Gasteiger partial charge in [-0.05, 0) is 6.92 Å². The highest BCUT2D eigenvalue weighted by molar-refractivity contribution is 5.75. The molecule has 72 valence electrons. The maximum absolute atomic E-state index is 11.1. The van der Waals surface area contributed by atoms with Gasteiger partial charge in [0.15, 0.2) is 0 Å². The molecule has 0 saturated heterocycles. The molecule has 0 bridgehead atoms. The molecule has 1 aromatic rings. The van der Waals surface area contributed by atoms with E-state index in [0.717, 1.165) is 0 Å². The van der Waals surface area contributed by atoms with Crippen LogP contribution in [0.1, 0.15) is 12.6 Å². The smallest absolute Gasteiger partial charge is 0.323 e. The minimum absolute atomic E-state index is 0.339. The lowest BCUT2D eigenvalue weighted by molar-refractivity contribution is -0.144. The van der Waals surface area contributed by atoms with Crippen LogP contribution in [0.25, 0.3) is 0 Å². The maximum atomic E-state index is 11.1. The number of aromatic nitrogens is 1. The molecule has 1 atom stereocenters. The number of nitrogens with two attached hydrogens (primary N) is 1. The summed E-state index contributed by atoms with van der Waals surface area (Å²) in [5.41, 5.74) is 6.19. The van der Waals surface area contributed by atoms with Crippen LogP contribution in [0.2, 0.25) is 0 Å². The molecular formula is C8H12N2O3. The SMILES string of the molecule is CCOC(=O)C(N)Cc1ccon1. The van der Waals surface area contributed by atoms with Gasteiger partial charge >= 0.3 is 5.97 Å². The summed E-state index contributed by atoms with van der Waals surface area (Å²) >= 11 is 0. The highest BCUT2D eigenvalue weighted by Gasteiger charge is 2.16. The van der Waals surface area contributed by atoms with Gasteiger partial charge < -0.3 is 15.0 Å². The summed E-state index contributed by atoms with van der Waals surface area (Å²) in [4.78, 5) is 11.1. The van der Waals surface area contributed by atoms with E-state index in [1.165, 1.54) is 6.26 Å². The van der Waals surface area contributed by atoms with Crippen LogP contribution >= 0.6 is 0 Å². The summed E-state index contributed by atoms with van der Waals surface area (Å²) in [6, 6.07) is 1.00. The van der Waals surface area contributed by atoms with E-state index in [0.29, 0.717) is 18.7 Å². The first-order valence-corrected chi connectivity index (χ1v) is 4.05. The van der Waals surface area contributed by atoms with E-state index in [1.54, 1.807) is 13.0 Å². The van der Waals surface area contributed by atoms with Crippen LogP contribution in [-0.4, -0.2) is 23.8 Å². The summed E-state index contributed by atoms with van der Waals surface area (Å²) in [7, 11) is 0. The molecule has 0 radical (unpaired) electrons. The van der Waals surface area contributed by atoms with Crippen LogP contribution in [0.5, 0.6) is 0 Å². The standard InChI is InChI=1S/C8H12N2O3/c1-2-12-8(11)7(9)5-6-3-4-13-10-6/h3-4,7H,2,5,9H2,1H3. The fraction of sp³-hybridized carbons (Fsp3) is 0.500. The Morgan fingerprint density at radius 2 is 2.62 bits per heavy atom. The van der Waals surface area contributed by atoms with Crippen molar-refractivity contribution in [3.8, 4) is 0 Å². The maximum Gasteiger partial charge on any atom is 0.323 e. The molecule has 1 heterocycles. The zero-order valence-corrected chi connectivity index (χ0v) is 7.40. The third-order valence-electron chi connectivity index (χ3n) is 1.51. The van der Waals surface area contributed by atoms with E-state index in [-0.39, 0.29) is 0 Å². The quantitative estimate of drug-likeness (QED) is 0.672. The molecule has 0 aliphatic rings. The first-order chi connectivity index (χ1) is 6.24. The van der Waals surface area contributed by atoms with Gasteiger partial charge in [0, 0.05) is 12.5 Å². The minimum atomic E-state index is -0.662. The number of carbonyl (C=O) groups excluding carboxylic acids is 1. The second-order valence-corrected chi connectivity index (χ2v) is 2.55. The Hall–Kier alpha value is -1.36. The topological polar surface area (TPSA) is 78.4 Å². The molecule has 13 heavy (non-hydrogen) atoms. The number of hydrogen-bond acceptors (Lipinski definition) is 5. The van der Waals surface area contributed by atoms with Crippen molar-refractivity contribution in [1.82, 2.24) is 5.16 Å². The van der Waals surface area contributed by atoms with Gasteiger partial charge in [-0.1, -0.05) is 5.16 Å². The van der Waals surface area contributed by atoms with E-state index in [4.69, 9.17) is 10.5 Å². The molecule has 2 N–H and O–H groups in total. The van der Waals surface area contributed by atoms with Crippen molar-refractivity contribution < 1.29 is 14.1 Å². The second kappa shape index (κ2) is 4.61. The second-order valence-electron chi connectivity index (χ2n) is 2.55. The average Bonchev–Trinajstić information content (AvgIpc) is 2.57. The number of ether oxygens (including phenoxy) is 1. The first kappa shape index (κ1) is 9.73. The van der Waals surface area contributed by atoms with Gasteiger partial charge in [-0.3, -0.25) is 4.79 Å². The normalized spacial score (nSPS) is 12.5. The largest absolute Gasteiger partial charge is 0.465 e. The van der Waals surface area contributed by atoms with Gasteiger partial charge in [-0.2, -0.15) is 0 Å². The summed E-state index contributed by atoms with van der Waals surface area (Å²) in [5.74, 6) is -0.412. The highest BCUT2D eigenvalue weighted by Crippen LogP contribution is 1.99. The Kier molecular flexibility index (Phi) is 3.45. The fourth-order valence-electron chi connectivity index (χ4n) is 0.901. The van der Waals surface area contributed by atoms with E-state index < -0.39 is 12.0 Å². The molecule has 0 spiro atoms. The van der Waals surface area contributed by atoms with Gasteiger partial charge in [0.2, 0.25) is 0 Å². The third-order valence-corrected chi connectivity index (χ3v) is 1.51. The Bertz CT molecular complexity index is 258.